The van der Waals surface area contributed by atoms with Gasteiger partial charge in [0.05, 0.1) is 13.2 Å². The fraction of sp³-hybridized carbons (Fsp3) is 0.368. The molecule has 0 bridgehead atoms. The monoisotopic (exact) mass is 299 g/mol. The van der Waals surface area contributed by atoms with E-state index in [1.54, 1.807) is 7.11 Å². The highest BCUT2D eigenvalue weighted by Crippen LogP contribution is 2.19. The highest BCUT2D eigenvalue weighted by molar-refractivity contribution is 5.28. The minimum absolute atomic E-state index is 0.351. The highest BCUT2D eigenvalue weighted by atomic mass is 16.5. The van der Waals surface area contributed by atoms with Gasteiger partial charge in [-0.25, -0.2) is 0 Å². The van der Waals surface area contributed by atoms with E-state index in [1.165, 1.54) is 5.56 Å². The van der Waals surface area contributed by atoms with Crippen LogP contribution in [0.4, 0.5) is 0 Å². The summed E-state index contributed by atoms with van der Waals surface area (Å²) in [4.78, 5) is 2.27. The van der Waals surface area contributed by atoms with E-state index < -0.39 is 6.10 Å². The topological polar surface area (TPSA) is 32.7 Å². The zero-order chi connectivity index (χ0) is 15.9. The molecule has 2 rings (SSSR count). The minimum atomic E-state index is -0.478. The van der Waals surface area contributed by atoms with Crippen molar-refractivity contribution in [3.63, 3.8) is 0 Å². The smallest absolute Gasteiger partial charge is 0.119 e. The summed E-state index contributed by atoms with van der Waals surface area (Å²) in [6.07, 6.45) is -0.478. The maximum absolute atomic E-state index is 10.5. The van der Waals surface area contributed by atoms with E-state index in [2.05, 4.69) is 24.8 Å². The van der Waals surface area contributed by atoms with Crippen LogP contribution >= 0.6 is 0 Å². The lowest BCUT2D eigenvalue weighted by Gasteiger charge is -2.29. The van der Waals surface area contributed by atoms with Crippen molar-refractivity contribution in [3.05, 3.63) is 65.7 Å². The molecule has 0 aromatic heterocycles. The number of aliphatic hydroxyl groups is 1. The Hall–Kier alpha value is -1.84. The van der Waals surface area contributed by atoms with Gasteiger partial charge < -0.3 is 9.84 Å². The van der Waals surface area contributed by atoms with Gasteiger partial charge in [0.25, 0.3) is 0 Å². The fourth-order valence-corrected chi connectivity index (χ4v) is 2.47. The van der Waals surface area contributed by atoms with Gasteiger partial charge in [-0.2, -0.15) is 0 Å². The third-order valence-corrected chi connectivity index (χ3v) is 3.84. The standard InChI is InChI=1S/C19H25NO2/c1-15(2)20(13-16-8-7-11-18(12-16)22-3)14-19(21)17-9-5-4-6-10-17/h4-12,15,19,21H,13-14H2,1-3H3/t19-/m1/s1. The van der Waals surface area contributed by atoms with Crippen LogP contribution in [0.2, 0.25) is 0 Å². The number of hydrogen-bond donors (Lipinski definition) is 1. The van der Waals surface area contributed by atoms with Crippen LogP contribution in [0.25, 0.3) is 0 Å². The Kier molecular flexibility index (Phi) is 5.99. The Labute approximate surface area is 133 Å². The van der Waals surface area contributed by atoms with Crippen LogP contribution in [-0.4, -0.2) is 29.7 Å². The second-order valence-corrected chi connectivity index (χ2v) is 5.80. The molecular weight excluding hydrogens is 274 g/mol. The van der Waals surface area contributed by atoms with Crippen LogP contribution in [-0.2, 0) is 6.54 Å². The second kappa shape index (κ2) is 7.97. The molecule has 3 nitrogen and oxygen atoms in total. The molecule has 2 aromatic carbocycles. The highest BCUT2D eigenvalue weighted by Gasteiger charge is 2.16. The van der Waals surface area contributed by atoms with Crippen LogP contribution in [0.5, 0.6) is 5.75 Å². The number of benzene rings is 2. The van der Waals surface area contributed by atoms with Gasteiger partial charge in [0, 0.05) is 19.1 Å². The largest absolute Gasteiger partial charge is 0.497 e. The first-order valence-electron chi connectivity index (χ1n) is 7.70. The molecular formula is C19H25NO2. The molecule has 0 aliphatic carbocycles. The second-order valence-electron chi connectivity index (χ2n) is 5.80. The van der Waals surface area contributed by atoms with Gasteiger partial charge in [0.2, 0.25) is 0 Å². The normalized spacial score (nSPS) is 12.6. The predicted octanol–water partition coefficient (Wildman–Crippen LogP) is 3.64. The Morgan fingerprint density at radius 2 is 1.77 bits per heavy atom. The van der Waals surface area contributed by atoms with Gasteiger partial charge in [-0.15, -0.1) is 0 Å². The average molecular weight is 299 g/mol. The van der Waals surface area contributed by atoms with E-state index in [-0.39, 0.29) is 0 Å². The molecule has 0 saturated carbocycles. The van der Waals surface area contributed by atoms with E-state index in [0.29, 0.717) is 12.6 Å². The van der Waals surface area contributed by atoms with Crippen molar-refractivity contribution in [2.24, 2.45) is 0 Å². The zero-order valence-electron chi connectivity index (χ0n) is 13.6. The lowest BCUT2D eigenvalue weighted by molar-refractivity contribution is 0.0907. The Balaban J connectivity index is 2.06. The van der Waals surface area contributed by atoms with Crippen LogP contribution in [0, 0.1) is 0 Å². The number of hydrogen-bond acceptors (Lipinski definition) is 3. The van der Waals surface area contributed by atoms with E-state index in [4.69, 9.17) is 4.74 Å². The molecule has 0 heterocycles. The molecule has 0 saturated heterocycles. The summed E-state index contributed by atoms with van der Waals surface area (Å²) in [5.41, 5.74) is 2.15. The summed E-state index contributed by atoms with van der Waals surface area (Å²) in [6, 6.07) is 18.3. The quantitative estimate of drug-likeness (QED) is 0.847. The number of ether oxygens (including phenoxy) is 1. The third-order valence-electron chi connectivity index (χ3n) is 3.84. The number of aliphatic hydroxyl groups excluding tert-OH is 1. The molecule has 0 aliphatic rings. The van der Waals surface area contributed by atoms with Gasteiger partial charge >= 0.3 is 0 Å². The SMILES string of the molecule is COc1cccc(CN(C[C@@H](O)c2ccccc2)C(C)C)c1. The van der Waals surface area contributed by atoms with Crippen molar-refractivity contribution in [3.8, 4) is 5.75 Å². The number of rotatable bonds is 7. The first-order chi connectivity index (χ1) is 10.6. The summed E-state index contributed by atoms with van der Waals surface area (Å²) in [5.74, 6) is 0.866. The van der Waals surface area contributed by atoms with E-state index >= 15 is 0 Å². The summed E-state index contributed by atoms with van der Waals surface area (Å²) >= 11 is 0. The predicted molar refractivity (Wildman–Crippen MR) is 89.9 cm³/mol. The lowest BCUT2D eigenvalue weighted by atomic mass is 10.1. The molecule has 0 unspecified atom stereocenters. The molecule has 0 aliphatic heterocycles. The van der Waals surface area contributed by atoms with Gasteiger partial charge in [-0.1, -0.05) is 42.5 Å². The summed E-state index contributed by atoms with van der Waals surface area (Å²) in [5, 5.41) is 10.5. The van der Waals surface area contributed by atoms with Gasteiger partial charge in [0.15, 0.2) is 0 Å². The summed E-state index contributed by atoms with van der Waals surface area (Å²) < 4.78 is 5.28. The van der Waals surface area contributed by atoms with Crippen molar-refractivity contribution >= 4 is 0 Å². The van der Waals surface area contributed by atoms with Crippen LogP contribution in [0.15, 0.2) is 54.6 Å². The van der Waals surface area contributed by atoms with E-state index in [9.17, 15) is 5.11 Å². The maximum Gasteiger partial charge on any atom is 0.119 e. The lowest BCUT2D eigenvalue weighted by Crippen LogP contribution is -2.34. The molecule has 1 N–H and O–H groups in total. The molecule has 3 heteroatoms. The van der Waals surface area contributed by atoms with Crippen LogP contribution in [0.1, 0.15) is 31.1 Å². The molecule has 22 heavy (non-hydrogen) atoms. The van der Waals surface area contributed by atoms with E-state index in [0.717, 1.165) is 17.9 Å². The van der Waals surface area contributed by atoms with Crippen LogP contribution in [0.3, 0.4) is 0 Å². The molecule has 0 amide bonds. The van der Waals surface area contributed by atoms with Crippen molar-refractivity contribution in [2.75, 3.05) is 13.7 Å². The first-order valence-corrected chi connectivity index (χ1v) is 7.70. The number of methoxy groups -OCH3 is 1. The van der Waals surface area contributed by atoms with Crippen molar-refractivity contribution < 1.29 is 9.84 Å². The Morgan fingerprint density at radius 1 is 1.05 bits per heavy atom. The van der Waals surface area contributed by atoms with E-state index in [1.807, 2.05) is 48.5 Å². The van der Waals surface area contributed by atoms with Gasteiger partial charge in [-0.3, -0.25) is 4.90 Å². The van der Waals surface area contributed by atoms with Gasteiger partial charge in [0.1, 0.15) is 5.75 Å². The molecule has 2 aromatic rings. The number of nitrogens with zero attached hydrogens (tertiary/aromatic N) is 1. The molecule has 1 atom stereocenters. The molecule has 0 fully saturated rings. The fourth-order valence-electron chi connectivity index (χ4n) is 2.47. The van der Waals surface area contributed by atoms with Crippen molar-refractivity contribution in [1.29, 1.82) is 0 Å². The first kappa shape index (κ1) is 16.5. The minimum Gasteiger partial charge on any atom is -0.497 e. The zero-order valence-corrected chi connectivity index (χ0v) is 13.6. The Bertz CT molecular complexity index is 569. The molecule has 0 radical (unpaired) electrons. The maximum atomic E-state index is 10.5. The van der Waals surface area contributed by atoms with Crippen molar-refractivity contribution in [2.45, 2.75) is 32.5 Å². The molecule has 118 valence electrons. The summed E-state index contributed by atoms with van der Waals surface area (Å²) in [7, 11) is 1.68. The third kappa shape index (κ3) is 4.58. The van der Waals surface area contributed by atoms with Crippen LogP contribution < -0.4 is 4.74 Å². The Morgan fingerprint density at radius 3 is 2.41 bits per heavy atom. The van der Waals surface area contributed by atoms with Crippen molar-refractivity contribution in [1.82, 2.24) is 4.90 Å². The van der Waals surface area contributed by atoms with Gasteiger partial charge in [-0.05, 0) is 37.1 Å². The summed E-state index contributed by atoms with van der Waals surface area (Å²) in [6.45, 7) is 5.70. The molecule has 0 spiro atoms. The average Bonchev–Trinajstić information content (AvgIpc) is 2.55.